The van der Waals surface area contributed by atoms with Gasteiger partial charge in [0.25, 0.3) is 5.91 Å². The number of amides is 1. The maximum atomic E-state index is 11.6. The van der Waals surface area contributed by atoms with E-state index in [4.69, 9.17) is 16.7 Å². The smallest absolute Gasteiger partial charge is 0.258 e. The zero-order valence-corrected chi connectivity index (χ0v) is 9.21. The quantitative estimate of drug-likeness (QED) is 0.762. The van der Waals surface area contributed by atoms with Crippen LogP contribution in [-0.4, -0.2) is 22.2 Å². The molecule has 2 N–H and O–H groups in total. The molecule has 1 aromatic heterocycles. The van der Waals surface area contributed by atoms with E-state index in [9.17, 15) is 4.79 Å². The van der Waals surface area contributed by atoms with Crippen LogP contribution in [0.4, 0.5) is 0 Å². The molecule has 0 aliphatic heterocycles. The highest BCUT2D eigenvalue weighted by Crippen LogP contribution is 2.10. The molecule has 5 heteroatoms. The number of carbonyl (C=O) groups excluding carboxylic acids is 1. The van der Waals surface area contributed by atoms with Gasteiger partial charge in [-0.3, -0.25) is 4.79 Å². The van der Waals surface area contributed by atoms with Crippen molar-refractivity contribution in [3.63, 3.8) is 0 Å². The molecule has 0 aliphatic rings. The molecule has 1 rings (SSSR count). The summed E-state index contributed by atoms with van der Waals surface area (Å²) in [4.78, 5) is 11.6. The third-order valence-corrected chi connectivity index (χ3v) is 2.17. The average molecular weight is 229 g/mol. The molecule has 0 radical (unpaired) electrons. The van der Waals surface area contributed by atoms with Gasteiger partial charge in [-0.15, -0.1) is 0 Å². The first kappa shape index (κ1) is 11.8. The first-order valence-electron chi connectivity index (χ1n) is 4.48. The Morgan fingerprint density at radius 2 is 2.40 bits per heavy atom. The van der Waals surface area contributed by atoms with Crippen LogP contribution < -0.4 is 5.32 Å². The van der Waals surface area contributed by atoms with Crippen LogP contribution >= 0.6 is 11.6 Å². The van der Waals surface area contributed by atoms with Crippen LogP contribution in [0.5, 0.6) is 0 Å². The van der Waals surface area contributed by atoms with Gasteiger partial charge in [0.05, 0.1) is 12.2 Å². The van der Waals surface area contributed by atoms with Crippen molar-refractivity contribution in [3.8, 4) is 0 Å². The molecule has 0 spiro atoms. The van der Waals surface area contributed by atoms with Gasteiger partial charge in [-0.1, -0.05) is 18.2 Å². The number of aromatic nitrogens is 1. The van der Waals surface area contributed by atoms with Crippen LogP contribution in [0.2, 0.25) is 0 Å². The molecule has 0 atom stereocenters. The van der Waals surface area contributed by atoms with Gasteiger partial charge in [-0.2, -0.15) is 0 Å². The molecular weight excluding hydrogens is 216 g/mol. The molecule has 0 saturated carbocycles. The van der Waals surface area contributed by atoms with E-state index < -0.39 is 0 Å². The van der Waals surface area contributed by atoms with E-state index in [2.05, 4.69) is 11.9 Å². The fourth-order valence-corrected chi connectivity index (χ4v) is 1.42. The molecule has 1 aromatic rings. The van der Waals surface area contributed by atoms with Crippen molar-refractivity contribution in [2.24, 2.45) is 0 Å². The Labute approximate surface area is 93.2 Å². The summed E-state index contributed by atoms with van der Waals surface area (Å²) in [5.74, 6) is -0.288. The number of aliphatic hydroxyl groups is 1. The van der Waals surface area contributed by atoms with Crippen molar-refractivity contribution in [1.82, 2.24) is 9.88 Å². The summed E-state index contributed by atoms with van der Waals surface area (Å²) >= 11 is 5.47. The van der Waals surface area contributed by atoms with Crippen molar-refractivity contribution in [1.29, 1.82) is 0 Å². The van der Waals surface area contributed by atoms with Crippen LogP contribution in [0, 0.1) is 6.92 Å². The van der Waals surface area contributed by atoms with E-state index in [1.807, 2.05) is 6.92 Å². The Morgan fingerprint density at radius 3 is 2.93 bits per heavy atom. The molecule has 0 unspecified atom stereocenters. The van der Waals surface area contributed by atoms with Crippen molar-refractivity contribution >= 4 is 17.5 Å². The van der Waals surface area contributed by atoms with Gasteiger partial charge in [-0.25, -0.2) is 0 Å². The predicted molar refractivity (Wildman–Crippen MR) is 58.7 cm³/mol. The summed E-state index contributed by atoms with van der Waals surface area (Å²) in [5, 5.41) is 11.3. The summed E-state index contributed by atoms with van der Waals surface area (Å²) < 4.78 is 1.80. The monoisotopic (exact) mass is 228 g/mol. The number of hydrogen-bond donors (Lipinski definition) is 2. The van der Waals surface area contributed by atoms with E-state index in [-0.39, 0.29) is 17.7 Å². The third-order valence-electron chi connectivity index (χ3n) is 2.08. The Kier molecular flexibility index (Phi) is 3.94. The van der Waals surface area contributed by atoms with Gasteiger partial charge < -0.3 is 15.0 Å². The topological polar surface area (TPSA) is 54.3 Å². The Morgan fingerprint density at radius 1 is 1.73 bits per heavy atom. The minimum Gasteiger partial charge on any atom is -0.395 e. The minimum atomic E-state index is -0.288. The molecular formula is C10H13ClN2O2. The van der Waals surface area contributed by atoms with E-state index in [1.165, 1.54) is 0 Å². The molecule has 0 aliphatic carbocycles. The highest BCUT2D eigenvalue weighted by atomic mass is 35.5. The highest BCUT2D eigenvalue weighted by molar-refractivity contribution is 6.30. The van der Waals surface area contributed by atoms with Crippen LogP contribution in [-0.2, 0) is 6.54 Å². The van der Waals surface area contributed by atoms with Gasteiger partial charge in [0.15, 0.2) is 0 Å². The lowest BCUT2D eigenvalue weighted by Crippen LogP contribution is -2.20. The lowest BCUT2D eigenvalue weighted by Gasteiger charge is -2.05. The molecule has 0 fully saturated rings. The number of hydrogen-bond acceptors (Lipinski definition) is 2. The SMILES string of the molecule is C=C(Cl)NC(=O)c1ccn(CCO)c1C. The first-order valence-corrected chi connectivity index (χ1v) is 4.86. The Balaban J connectivity index is 2.86. The lowest BCUT2D eigenvalue weighted by atomic mass is 10.2. The summed E-state index contributed by atoms with van der Waals surface area (Å²) in [7, 11) is 0. The van der Waals surface area contributed by atoms with Gasteiger partial charge >= 0.3 is 0 Å². The van der Waals surface area contributed by atoms with E-state index in [1.54, 1.807) is 16.8 Å². The normalized spacial score (nSPS) is 10.1. The second kappa shape index (κ2) is 5.00. The molecule has 82 valence electrons. The number of aliphatic hydroxyl groups excluding tert-OH is 1. The number of carbonyl (C=O) groups is 1. The van der Waals surface area contributed by atoms with Gasteiger partial charge in [-0.05, 0) is 13.0 Å². The van der Waals surface area contributed by atoms with Crippen molar-refractivity contribution in [3.05, 3.63) is 35.3 Å². The zero-order valence-electron chi connectivity index (χ0n) is 8.46. The molecule has 1 heterocycles. The summed E-state index contributed by atoms with van der Waals surface area (Å²) in [5.41, 5.74) is 1.32. The molecule has 0 aromatic carbocycles. The molecule has 4 nitrogen and oxygen atoms in total. The van der Waals surface area contributed by atoms with Crippen molar-refractivity contribution < 1.29 is 9.90 Å². The van der Waals surface area contributed by atoms with Crippen molar-refractivity contribution in [2.75, 3.05) is 6.61 Å². The molecule has 0 bridgehead atoms. The maximum Gasteiger partial charge on any atom is 0.258 e. The third kappa shape index (κ3) is 2.84. The van der Waals surface area contributed by atoms with Gasteiger partial charge in [0, 0.05) is 18.4 Å². The standard InChI is InChI=1S/C10H13ClN2O2/c1-7-9(10(15)12-8(2)11)3-4-13(7)5-6-14/h3-4,14H,2,5-6H2,1H3,(H,12,15). The number of nitrogens with zero attached hydrogens (tertiary/aromatic N) is 1. The van der Waals surface area contributed by atoms with Gasteiger partial charge in [0.1, 0.15) is 5.16 Å². The molecule has 15 heavy (non-hydrogen) atoms. The number of halogens is 1. The molecule has 0 saturated heterocycles. The van der Waals surface area contributed by atoms with E-state index >= 15 is 0 Å². The number of rotatable bonds is 4. The largest absolute Gasteiger partial charge is 0.395 e. The average Bonchev–Trinajstić information content (AvgIpc) is 2.48. The maximum absolute atomic E-state index is 11.6. The minimum absolute atomic E-state index is 0.0405. The fraction of sp³-hybridized carbons (Fsp3) is 0.300. The second-order valence-electron chi connectivity index (χ2n) is 3.09. The first-order chi connectivity index (χ1) is 7.06. The van der Waals surface area contributed by atoms with Crippen molar-refractivity contribution in [2.45, 2.75) is 13.5 Å². The highest BCUT2D eigenvalue weighted by Gasteiger charge is 2.12. The van der Waals surface area contributed by atoms with Crippen LogP contribution in [0.1, 0.15) is 16.1 Å². The predicted octanol–water partition coefficient (Wildman–Crippen LogP) is 1.23. The lowest BCUT2D eigenvalue weighted by molar-refractivity contribution is 0.0968. The fourth-order valence-electron chi connectivity index (χ4n) is 1.33. The van der Waals surface area contributed by atoms with Crippen LogP contribution in [0.15, 0.2) is 24.0 Å². The zero-order chi connectivity index (χ0) is 11.4. The van der Waals surface area contributed by atoms with Crippen LogP contribution in [0.25, 0.3) is 0 Å². The summed E-state index contributed by atoms with van der Waals surface area (Å²) in [6, 6.07) is 1.68. The van der Waals surface area contributed by atoms with E-state index in [0.717, 1.165) is 5.69 Å². The van der Waals surface area contributed by atoms with Gasteiger partial charge in [0.2, 0.25) is 0 Å². The Hall–Kier alpha value is -1.26. The number of nitrogens with one attached hydrogen (secondary N) is 1. The Bertz CT molecular complexity index is 385. The summed E-state index contributed by atoms with van der Waals surface area (Å²) in [6.07, 6.45) is 1.75. The second-order valence-corrected chi connectivity index (χ2v) is 3.55. The summed E-state index contributed by atoms with van der Waals surface area (Å²) in [6.45, 7) is 5.70. The van der Waals surface area contributed by atoms with E-state index in [0.29, 0.717) is 12.1 Å². The van der Waals surface area contributed by atoms with Crippen LogP contribution in [0.3, 0.4) is 0 Å². The molecule has 1 amide bonds.